The molecule has 0 saturated carbocycles. The lowest BCUT2D eigenvalue weighted by molar-refractivity contribution is 0.0991. The molecule has 1 aliphatic rings. The van der Waals surface area contributed by atoms with Crippen LogP contribution in [-0.4, -0.2) is 12.4 Å². The maximum atomic E-state index is 12.0. The Bertz CT molecular complexity index is 684. The topological polar surface area (TPSA) is 26.3 Å². The Morgan fingerprint density at radius 3 is 2.71 bits per heavy atom. The molecule has 0 fully saturated rings. The van der Waals surface area contributed by atoms with E-state index >= 15 is 0 Å². The van der Waals surface area contributed by atoms with Crippen LogP contribution in [0.2, 0.25) is 0 Å². The minimum atomic E-state index is 0.204. The molecule has 0 bridgehead atoms. The third-order valence-corrected chi connectivity index (χ3v) is 3.83. The van der Waals surface area contributed by atoms with Crippen LogP contribution in [0.15, 0.2) is 48.5 Å². The first-order chi connectivity index (χ1) is 10.3. The van der Waals surface area contributed by atoms with E-state index in [1.807, 2.05) is 54.6 Å². The van der Waals surface area contributed by atoms with Gasteiger partial charge in [-0.1, -0.05) is 42.5 Å². The summed E-state index contributed by atoms with van der Waals surface area (Å²) in [7, 11) is 0. The standard InChI is InChI=1S/C19H18O2/c1-14-9-12-18(19-16(14)10-11-17(19)20)21-13-5-8-15-6-3-2-4-7-15/h2-9,12H,10-11,13H2,1H3. The van der Waals surface area contributed by atoms with Crippen molar-refractivity contribution in [1.82, 2.24) is 0 Å². The summed E-state index contributed by atoms with van der Waals surface area (Å²) in [6.07, 6.45) is 5.45. The van der Waals surface area contributed by atoms with Gasteiger partial charge >= 0.3 is 0 Å². The highest BCUT2D eigenvalue weighted by atomic mass is 16.5. The fourth-order valence-electron chi connectivity index (χ4n) is 2.73. The van der Waals surface area contributed by atoms with Gasteiger partial charge in [0.05, 0.1) is 5.56 Å². The first kappa shape index (κ1) is 13.6. The smallest absolute Gasteiger partial charge is 0.167 e. The van der Waals surface area contributed by atoms with Gasteiger partial charge in [0.15, 0.2) is 5.78 Å². The Morgan fingerprint density at radius 1 is 1.10 bits per heavy atom. The van der Waals surface area contributed by atoms with Crippen molar-refractivity contribution in [2.45, 2.75) is 19.8 Å². The molecule has 2 aromatic carbocycles. The van der Waals surface area contributed by atoms with E-state index in [1.54, 1.807) is 0 Å². The SMILES string of the molecule is Cc1ccc(OCC=Cc2ccccc2)c2c1CCC2=O. The maximum Gasteiger partial charge on any atom is 0.167 e. The summed E-state index contributed by atoms with van der Waals surface area (Å²) in [4.78, 5) is 12.0. The highest BCUT2D eigenvalue weighted by Gasteiger charge is 2.25. The van der Waals surface area contributed by atoms with Gasteiger partial charge in [-0.25, -0.2) is 0 Å². The van der Waals surface area contributed by atoms with Crippen molar-refractivity contribution in [2.75, 3.05) is 6.61 Å². The molecule has 0 amide bonds. The zero-order valence-corrected chi connectivity index (χ0v) is 12.1. The van der Waals surface area contributed by atoms with E-state index in [9.17, 15) is 4.79 Å². The Hall–Kier alpha value is -2.35. The van der Waals surface area contributed by atoms with Crippen LogP contribution in [0.5, 0.6) is 5.75 Å². The number of carbonyl (C=O) groups is 1. The van der Waals surface area contributed by atoms with E-state index in [2.05, 4.69) is 6.92 Å². The summed E-state index contributed by atoms with van der Waals surface area (Å²) in [5.74, 6) is 0.923. The van der Waals surface area contributed by atoms with Gasteiger partial charge in [0.25, 0.3) is 0 Å². The van der Waals surface area contributed by atoms with Crippen molar-refractivity contribution in [1.29, 1.82) is 0 Å². The number of aryl methyl sites for hydroxylation is 1. The number of Topliss-reactive ketones (excluding diaryl/α,β-unsaturated/α-hetero) is 1. The third-order valence-electron chi connectivity index (χ3n) is 3.83. The molecule has 0 atom stereocenters. The van der Waals surface area contributed by atoms with Crippen LogP contribution in [0, 0.1) is 6.92 Å². The second-order valence-electron chi connectivity index (χ2n) is 5.28. The van der Waals surface area contributed by atoms with Gasteiger partial charge in [0.2, 0.25) is 0 Å². The summed E-state index contributed by atoms with van der Waals surface area (Å²) in [5, 5.41) is 0. The Morgan fingerprint density at radius 2 is 1.90 bits per heavy atom. The monoisotopic (exact) mass is 278 g/mol. The second-order valence-corrected chi connectivity index (χ2v) is 5.28. The fraction of sp³-hybridized carbons (Fsp3) is 0.211. The molecule has 2 heteroatoms. The fourth-order valence-corrected chi connectivity index (χ4v) is 2.73. The number of hydrogen-bond donors (Lipinski definition) is 0. The predicted molar refractivity (Wildman–Crippen MR) is 84.8 cm³/mol. The molecule has 0 unspecified atom stereocenters. The Balaban J connectivity index is 1.71. The maximum absolute atomic E-state index is 12.0. The van der Waals surface area contributed by atoms with E-state index in [0.29, 0.717) is 13.0 Å². The summed E-state index contributed by atoms with van der Waals surface area (Å²) < 4.78 is 5.79. The zero-order chi connectivity index (χ0) is 14.7. The molecule has 0 spiro atoms. The lowest BCUT2D eigenvalue weighted by atomic mass is 10.0. The van der Waals surface area contributed by atoms with Gasteiger partial charge in [-0.2, -0.15) is 0 Å². The molecular weight excluding hydrogens is 260 g/mol. The minimum absolute atomic E-state index is 0.204. The van der Waals surface area contributed by atoms with Gasteiger partial charge in [0, 0.05) is 6.42 Å². The molecule has 3 rings (SSSR count). The van der Waals surface area contributed by atoms with Crippen LogP contribution < -0.4 is 4.74 Å². The number of carbonyl (C=O) groups excluding carboxylic acids is 1. The Labute approximate surface area is 125 Å². The van der Waals surface area contributed by atoms with Crippen LogP contribution in [-0.2, 0) is 6.42 Å². The molecule has 21 heavy (non-hydrogen) atoms. The molecular formula is C19H18O2. The van der Waals surface area contributed by atoms with Crippen molar-refractivity contribution >= 4 is 11.9 Å². The van der Waals surface area contributed by atoms with E-state index < -0.39 is 0 Å². The Kier molecular flexibility index (Phi) is 3.87. The van der Waals surface area contributed by atoms with Gasteiger partial charge in [0.1, 0.15) is 12.4 Å². The normalized spacial score (nSPS) is 13.7. The first-order valence-corrected chi connectivity index (χ1v) is 7.26. The van der Waals surface area contributed by atoms with Crippen LogP contribution in [0.25, 0.3) is 6.08 Å². The van der Waals surface area contributed by atoms with Crippen LogP contribution in [0.3, 0.4) is 0 Å². The van der Waals surface area contributed by atoms with Crippen molar-refractivity contribution in [3.05, 3.63) is 70.8 Å². The number of hydrogen-bond acceptors (Lipinski definition) is 2. The van der Waals surface area contributed by atoms with Crippen molar-refractivity contribution < 1.29 is 9.53 Å². The first-order valence-electron chi connectivity index (χ1n) is 7.26. The lowest BCUT2D eigenvalue weighted by Crippen LogP contribution is -2.02. The number of ketones is 1. The number of ether oxygens (including phenoxy) is 1. The number of fused-ring (bicyclic) bond motifs is 1. The summed E-state index contributed by atoms with van der Waals surface area (Å²) in [5.41, 5.74) is 4.28. The molecule has 2 nitrogen and oxygen atoms in total. The van der Waals surface area contributed by atoms with E-state index in [4.69, 9.17) is 4.74 Å². The van der Waals surface area contributed by atoms with E-state index in [-0.39, 0.29) is 5.78 Å². The highest BCUT2D eigenvalue weighted by Crippen LogP contribution is 2.32. The molecule has 0 saturated heterocycles. The summed E-state index contributed by atoms with van der Waals surface area (Å²) in [6.45, 7) is 2.52. The van der Waals surface area contributed by atoms with Crippen molar-refractivity contribution in [3.63, 3.8) is 0 Å². The minimum Gasteiger partial charge on any atom is -0.489 e. The quantitative estimate of drug-likeness (QED) is 0.837. The average molecular weight is 278 g/mol. The van der Waals surface area contributed by atoms with Crippen molar-refractivity contribution in [3.8, 4) is 5.75 Å². The van der Waals surface area contributed by atoms with Crippen LogP contribution in [0.1, 0.15) is 33.5 Å². The molecule has 0 radical (unpaired) electrons. The lowest BCUT2D eigenvalue weighted by Gasteiger charge is -2.10. The van der Waals surface area contributed by atoms with E-state index in [0.717, 1.165) is 28.9 Å². The predicted octanol–water partition coefficient (Wildman–Crippen LogP) is 4.22. The average Bonchev–Trinajstić information content (AvgIpc) is 2.90. The summed E-state index contributed by atoms with van der Waals surface area (Å²) >= 11 is 0. The number of rotatable bonds is 4. The number of benzene rings is 2. The molecule has 0 aliphatic heterocycles. The zero-order valence-electron chi connectivity index (χ0n) is 12.1. The summed E-state index contributed by atoms with van der Waals surface area (Å²) in [6, 6.07) is 14.0. The van der Waals surface area contributed by atoms with Gasteiger partial charge in [-0.15, -0.1) is 0 Å². The van der Waals surface area contributed by atoms with Crippen molar-refractivity contribution in [2.24, 2.45) is 0 Å². The van der Waals surface area contributed by atoms with Gasteiger partial charge in [-0.05, 0) is 42.2 Å². The molecule has 0 N–H and O–H groups in total. The van der Waals surface area contributed by atoms with Crippen LogP contribution >= 0.6 is 0 Å². The molecule has 0 aromatic heterocycles. The molecule has 0 heterocycles. The second kappa shape index (κ2) is 5.96. The third kappa shape index (κ3) is 2.89. The van der Waals surface area contributed by atoms with Gasteiger partial charge < -0.3 is 4.74 Å². The van der Waals surface area contributed by atoms with E-state index in [1.165, 1.54) is 5.56 Å². The highest BCUT2D eigenvalue weighted by molar-refractivity contribution is 6.03. The largest absolute Gasteiger partial charge is 0.489 e. The molecule has 106 valence electrons. The molecule has 1 aliphatic carbocycles. The molecule has 2 aromatic rings. The van der Waals surface area contributed by atoms with Crippen LogP contribution in [0.4, 0.5) is 0 Å². The van der Waals surface area contributed by atoms with Gasteiger partial charge in [-0.3, -0.25) is 4.79 Å².